The molecule has 3 rings (SSSR count). The number of rotatable bonds is 6. The molecular weight excluding hydrogens is 438 g/mol. The highest BCUT2D eigenvalue weighted by molar-refractivity contribution is 7.95. The van der Waals surface area contributed by atoms with Gasteiger partial charge in [0.1, 0.15) is 23.2 Å². The SMILES string of the molecule is COC(=O)/C(F)=C\C[P+](c1ccccc1)(c1ccccc1)c1ccccc1.[Br-]. The molecule has 0 aliphatic heterocycles. The molecule has 0 N–H and O–H groups in total. The van der Waals surface area contributed by atoms with Crippen LogP contribution in [0.5, 0.6) is 0 Å². The fourth-order valence-corrected chi connectivity index (χ4v) is 7.21. The molecule has 0 aromatic heterocycles. The largest absolute Gasteiger partial charge is 1.00 e. The van der Waals surface area contributed by atoms with E-state index in [0.717, 1.165) is 15.9 Å². The third-order valence-electron chi connectivity index (χ3n) is 4.52. The molecule has 3 aromatic rings. The van der Waals surface area contributed by atoms with Gasteiger partial charge in [0.05, 0.1) is 13.3 Å². The van der Waals surface area contributed by atoms with Crippen molar-refractivity contribution in [2.75, 3.05) is 13.3 Å². The first-order valence-corrected chi connectivity index (χ1v) is 10.6. The summed E-state index contributed by atoms with van der Waals surface area (Å²) < 4.78 is 18.8. The predicted molar refractivity (Wildman–Crippen MR) is 111 cm³/mol. The van der Waals surface area contributed by atoms with Crippen LogP contribution in [0.1, 0.15) is 0 Å². The van der Waals surface area contributed by atoms with Gasteiger partial charge in [-0.25, -0.2) is 4.79 Å². The van der Waals surface area contributed by atoms with Crippen molar-refractivity contribution in [2.24, 2.45) is 0 Å². The first-order valence-electron chi connectivity index (χ1n) is 8.67. The summed E-state index contributed by atoms with van der Waals surface area (Å²) in [6.45, 7) is 0. The molecule has 5 heteroatoms. The van der Waals surface area contributed by atoms with Gasteiger partial charge >= 0.3 is 5.97 Å². The molecular formula is C23H21BrFO2P. The lowest BCUT2D eigenvalue weighted by atomic mass is 10.4. The number of hydrogen-bond acceptors (Lipinski definition) is 2. The number of benzene rings is 3. The van der Waals surface area contributed by atoms with Crippen molar-refractivity contribution in [1.29, 1.82) is 0 Å². The van der Waals surface area contributed by atoms with E-state index in [-0.39, 0.29) is 17.0 Å². The smallest absolute Gasteiger partial charge is 0.366 e. The fourth-order valence-electron chi connectivity index (χ4n) is 3.21. The van der Waals surface area contributed by atoms with Crippen LogP contribution in [0, 0.1) is 0 Å². The number of carbonyl (C=O) groups excluding carboxylic acids is 1. The van der Waals surface area contributed by atoms with Gasteiger partial charge in [0.25, 0.3) is 0 Å². The molecule has 0 radical (unpaired) electrons. The molecule has 0 saturated carbocycles. The molecule has 0 fully saturated rings. The average molecular weight is 459 g/mol. The number of allylic oxidation sites excluding steroid dienone is 1. The van der Waals surface area contributed by atoms with Gasteiger partial charge < -0.3 is 21.7 Å². The van der Waals surface area contributed by atoms with E-state index >= 15 is 0 Å². The Labute approximate surface area is 176 Å². The number of esters is 1. The highest BCUT2D eigenvalue weighted by Crippen LogP contribution is 2.55. The standard InChI is InChI=1S/C23H21FO2P.BrH/c1-26-23(25)22(24)17-18-27(19-11-5-2-6-12-19,20-13-7-3-8-14-20)21-15-9-4-10-16-21;/h2-17H,18H2,1H3;1H/q+1;/p-1/b22-17+;. The van der Waals surface area contributed by atoms with Crippen molar-refractivity contribution in [3.05, 3.63) is 103 Å². The van der Waals surface area contributed by atoms with Crippen LogP contribution < -0.4 is 32.9 Å². The Morgan fingerprint density at radius 3 is 1.50 bits per heavy atom. The van der Waals surface area contributed by atoms with Gasteiger partial charge in [0.15, 0.2) is 0 Å². The number of hydrogen-bond donors (Lipinski definition) is 0. The molecule has 0 aliphatic rings. The molecule has 144 valence electrons. The van der Waals surface area contributed by atoms with Crippen molar-refractivity contribution in [3.8, 4) is 0 Å². The van der Waals surface area contributed by atoms with Gasteiger partial charge in [-0.3, -0.25) is 0 Å². The van der Waals surface area contributed by atoms with Crippen LogP contribution in [0.15, 0.2) is 103 Å². The minimum atomic E-state index is -2.18. The molecule has 28 heavy (non-hydrogen) atoms. The molecule has 0 spiro atoms. The zero-order chi connectivity index (χ0) is 19.1. The zero-order valence-corrected chi connectivity index (χ0v) is 17.9. The van der Waals surface area contributed by atoms with Crippen LogP contribution in [0.4, 0.5) is 4.39 Å². The summed E-state index contributed by atoms with van der Waals surface area (Å²) in [4.78, 5) is 11.6. The summed E-state index contributed by atoms with van der Waals surface area (Å²) in [6.07, 6.45) is 1.76. The Morgan fingerprint density at radius 2 is 1.18 bits per heavy atom. The second-order valence-corrected chi connectivity index (χ2v) is 9.58. The van der Waals surface area contributed by atoms with Crippen LogP contribution in [-0.4, -0.2) is 19.2 Å². The van der Waals surface area contributed by atoms with Gasteiger partial charge in [0.2, 0.25) is 5.83 Å². The van der Waals surface area contributed by atoms with Crippen molar-refractivity contribution in [1.82, 2.24) is 0 Å². The van der Waals surface area contributed by atoms with E-state index in [1.165, 1.54) is 13.2 Å². The topological polar surface area (TPSA) is 26.3 Å². The molecule has 0 saturated heterocycles. The van der Waals surface area contributed by atoms with E-state index in [2.05, 4.69) is 41.1 Å². The van der Waals surface area contributed by atoms with Gasteiger partial charge in [-0.05, 0) is 42.5 Å². The second-order valence-electron chi connectivity index (χ2n) is 6.04. The summed E-state index contributed by atoms with van der Waals surface area (Å²) in [7, 11) is -0.997. The molecule has 0 unspecified atom stereocenters. The Morgan fingerprint density at radius 1 is 0.821 bits per heavy atom. The first kappa shape index (κ1) is 22.0. The van der Waals surface area contributed by atoms with E-state index < -0.39 is 19.1 Å². The van der Waals surface area contributed by atoms with E-state index in [1.54, 1.807) is 0 Å². The third-order valence-corrected chi connectivity index (χ3v) is 8.79. The van der Waals surface area contributed by atoms with Gasteiger partial charge in [-0.2, -0.15) is 4.39 Å². The van der Waals surface area contributed by atoms with Crippen molar-refractivity contribution < 1.29 is 30.9 Å². The molecule has 2 nitrogen and oxygen atoms in total. The molecule has 0 atom stereocenters. The number of methoxy groups -OCH3 is 1. The lowest BCUT2D eigenvalue weighted by molar-refractivity contribution is -0.137. The number of halogens is 2. The van der Waals surface area contributed by atoms with Crippen LogP contribution in [0.25, 0.3) is 0 Å². The van der Waals surface area contributed by atoms with E-state index in [0.29, 0.717) is 6.16 Å². The Hall–Kier alpha value is -2.29. The number of carbonyl (C=O) groups is 1. The fraction of sp³-hybridized carbons (Fsp3) is 0.0870. The summed E-state index contributed by atoms with van der Waals surface area (Å²) >= 11 is 0. The summed E-state index contributed by atoms with van der Waals surface area (Å²) in [5.41, 5.74) is 0. The average Bonchev–Trinajstić information content (AvgIpc) is 2.75. The Bertz CT molecular complexity index is 818. The Kier molecular flexibility index (Phi) is 8.10. The Balaban J connectivity index is 0.00000280. The highest BCUT2D eigenvalue weighted by Gasteiger charge is 2.44. The van der Waals surface area contributed by atoms with E-state index in [4.69, 9.17) is 0 Å². The maximum absolute atomic E-state index is 14.3. The highest BCUT2D eigenvalue weighted by atomic mass is 79.9. The minimum Gasteiger partial charge on any atom is -1.00 e. The van der Waals surface area contributed by atoms with Gasteiger partial charge in [-0.15, -0.1) is 0 Å². The van der Waals surface area contributed by atoms with E-state index in [1.807, 2.05) is 54.6 Å². The van der Waals surface area contributed by atoms with Crippen LogP contribution in [0.2, 0.25) is 0 Å². The zero-order valence-electron chi connectivity index (χ0n) is 15.5. The molecule has 0 heterocycles. The molecule has 0 bridgehead atoms. The van der Waals surface area contributed by atoms with Crippen molar-refractivity contribution >= 4 is 29.1 Å². The summed E-state index contributed by atoms with van der Waals surface area (Å²) in [6, 6.07) is 30.4. The first-order chi connectivity index (χ1) is 13.2. The van der Waals surface area contributed by atoms with Gasteiger partial charge in [-0.1, -0.05) is 54.6 Å². The maximum atomic E-state index is 14.3. The van der Waals surface area contributed by atoms with Crippen LogP contribution in [0.3, 0.4) is 0 Å². The third kappa shape index (κ3) is 4.57. The molecule has 0 amide bonds. The lowest BCUT2D eigenvalue weighted by Crippen LogP contribution is -3.00. The minimum absolute atomic E-state index is 0. The summed E-state index contributed by atoms with van der Waals surface area (Å²) in [5.74, 6) is -1.80. The predicted octanol–water partition coefficient (Wildman–Crippen LogP) is 1.01. The van der Waals surface area contributed by atoms with Gasteiger partial charge in [0, 0.05) is 0 Å². The maximum Gasteiger partial charge on any atom is 0.366 e. The van der Waals surface area contributed by atoms with Crippen LogP contribution >= 0.6 is 7.26 Å². The summed E-state index contributed by atoms with van der Waals surface area (Å²) in [5, 5.41) is 3.41. The lowest BCUT2D eigenvalue weighted by Gasteiger charge is -2.26. The van der Waals surface area contributed by atoms with E-state index in [9.17, 15) is 9.18 Å². The monoisotopic (exact) mass is 458 g/mol. The van der Waals surface area contributed by atoms with Crippen LogP contribution in [-0.2, 0) is 9.53 Å². The number of ether oxygens (including phenoxy) is 1. The van der Waals surface area contributed by atoms with Crippen molar-refractivity contribution in [2.45, 2.75) is 0 Å². The van der Waals surface area contributed by atoms with Crippen molar-refractivity contribution in [3.63, 3.8) is 0 Å². The quantitative estimate of drug-likeness (QED) is 0.313. The molecule has 0 aliphatic carbocycles. The second kappa shape index (κ2) is 10.3. The normalized spacial score (nSPS) is 11.4. The molecule has 3 aromatic carbocycles.